The summed E-state index contributed by atoms with van der Waals surface area (Å²) in [7, 11) is 0. The first-order valence-corrected chi connectivity index (χ1v) is 7.85. The van der Waals surface area contributed by atoms with Gasteiger partial charge in [-0.1, -0.05) is 12.1 Å². The number of halogens is 1. The van der Waals surface area contributed by atoms with Crippen LogP contribution in [0.1, 0.15) is 10.5 Å². The second kappa shape index (κ2) is 6.36. The molecule has 0 radical (unpaired) electrons. The summed E-state index contributed by atoms with van der Waals surface area (Å²) in [5, 5.41) is 6.46. The molecule has 26 heavy (non-hydrogen) atoms. The van der Waals surface area contributed by atoms with Crippen molar-refractivity contribution in [3.63, 3.8) is 0 Å². The van der Waals surface area contributed by atoms with Crippen LogP contribution < -0.4 is 10.9 Å². The van der Waals surface area contributed by atoms with Gasteiger partial charge < -0.3 is 5.32 Å². The number of para-hydroxylation sites is 2. The van der Waals surface area contributed by atoms with Crippen LogP contribution in [0, 0.1) is 0 Å². The van der Waals surface area contributed by atoms with Crippen molar-refractivity contribution in [2.45, 2.75) is 6.54 Å². The summed E-state index contributed by atoms with van der Waals surface area (Å²) < 4.78 is 15.2. The molecule has 1 N–H and O–H groups in total. The molecule has 9 heteroatoms. The highest BCUT2D eigenvalue weighted by Gasteiger charge is 2.12. The Morgan fingerprint density at radius 1 is 1.12 bits per heavy atom. The van der Waals surface area contributed by atoms with Crippen molar-refractivity contribution >= 4 is 28.5 Å². The molecule has 0 aliphatic heterocycles. The van der Waals surface area contributed by atoms with Gasteiger partial charge in [0, 0.05) is 12.3 Å². The molecule has 0 aliphatic carbocycles. The third-order valence-corrected chi connectivity index (χ3v) is 3.82. The van der Waals surface area contributed by atoms with E-state index in [-0.39, 0.29) is 18.1 Å². The predicted octanol–water partition coefficient (Wildman–Crippen LogP) is 1.66. The van der Waals surface area contributed by atoms with Crippen LogP contribution in [0.15, 0.2) is 53.5 Å². The number of benzene rings is 1. The minimum Gasteiger partial charge on any atom is -0.304 e. The van der Waals surface area contributed by atoms with Crippen LogP contribution in [0.4, 0.5) is 10.2 Å². The van der Waals surface area contributed by atoms with Crippen LogP contribution >= 0.6 is 0 Å². The van der Waals surface area contributed by atoms with E-state index in [1.807, 2.05) is 24.3 Å². The van der Waals surface area contributed by atoms with Crippen molar-refractivity contribution in [3.8, 4) is 0 Å². The van der Waals surface area contributed by atoms with Crippen molar-refractivity contribution in [3.05, 3.63) is 64.7 Å². The van der Waals surface area contributed by atoms with Crippen molar-refractivity contribution < 1.29 is 9.18 Å². The monoisotopic (exact) mass is 352 g/mol. The van der Waals surface area contributed by atoms with E-state index in [1.165, 1.54) is 12.1 Å². The fourth-order valence-electron chi connectivity index (χ4n) is 2.61. The number of anilines is 1. The second-order valence-electron chi connectivity index (χ2n) is 5.51. The number of hydrogen-bond donors (Lipinski definition) is 1. The topological polar surface area (TPSA) is 94.2 Å². The Morgan fingerprint density at radius 2 is 1.96 bits per heavy atom. The Kier molecular flexibility index (Phi) is 3.88. The molecule has 0 saturated carbocycles. The van der Waals surface area contributed by atoms with E-state index in [0.29, 0.717) is 5.78 Å². The summed E-state index contributed by atoms with van der Waals surface area (Å²) in [5.74, 6) is 0.0324. The number of nitrogens with one attached hydrogen (secondary N) is 1. The van der Waals surface area contributed by atoms with E-state index >= 15 is 0 Å². The van der Waals surface area contributed by atoms with Crippen LogP contribution in [-0.4, -0.2) is 36.7 Å². The molecule has 8 nitrogen and oxygen atoms in total. The van der Waals surface area contributed by atoms with E-state index in [2.05, 4.69) is 20.4 Å². The minimum absolute atomic E-state index is 0.137. The lowest BCUT2D eigenvalue weighted by atomic mass is 10.3. The number of imidazole rings is 1. The lowest BCUT2D eigenvalue weighted by Crippen LogP contribution is -2.25. The van der Waals surface area contributed by atoms with Gasteiger partial charge in [-0.05, 0) is 24.3 Å². The highest BCUT2D eigenvalue weighted by atomic mass is 19.1. The number of carbonyl (C=O) groups excluding carboxylic acids is 1. The molecule has 4 aromatic rings. The SMILES string of the molecule is O=C(Nc1ccc(=O)n(CCF)n1)c1ccn2c(n1)nc1ccccc12. The first-order chi connectivity index (χ1) is 12.7. The molecule has 0 atom stereocenters. The van der Waals surface area contributed by atoms with Crippen LogP contribution in [0.25, 0.3) is 16.8 Å². The standard InChI is InChI=1S/C17H13FN6O2/c18-8-10-24-15(25)6-5-14(22-24)21-16(26)12-7-9-23-13-4-2-1-3-11(13)19-17(23)20-12/h1-7,9H,8,10H2,(H,21,22,26). The number of rotatable bonds is 4. The summed E-state index contributed by atoms with van der Waals surface area (Å²) in [5.41, 5.74) is 1.38. The van der Waals surface area contributed by atoms with Crippen LogP contribution in [-0.2, 0) is 6.54 Å². The van der Waals surface area contributed by atoms with Crippen molar-refractivity contribution in [1.82, 2.24) is 24.1 Å². The summed E-state index contributed by atoms with van der Waals surface area (Å²) in [6.07, 6.45) is 1.71. The number of aryl methyl sites for hydroxylation is 1. The van der Waals surface area contributed by atoms with Gasteiger partial charge in [0.2, 0.25) is 5.78 Å². The lowest BCUT2D eigenvalue weighted by Gasteiger charge is -2.06. The largest absolute Gasteiger partial charge is 0.304 e. The lowest BCUT2D eigenvalue weighted by molar-refractivity contribution is 0.102. The predicted molar refractivity (Wildman–Crippen MR) is 92.9 cm³/mol. The molecule has 0 fully saturated rings. The van der Waals surface area contributed by atoms with Gasteiger partial charge in [0.15, 0.2) is 5.82 Å². The molecule has 130 valence electrons. The molecule has 1 amide bonds. The Morgan fingerprint density at radius 3 is 2.81 bits per heavy atom. The first-order valence-electron chi connectivity index (χ1n) is 7.85. The van der Waals surface area contributed by atoms with E-state index in [4.69, 9.17) is 0 Å². The Labute approximate surface area is 145 Å². The molecular weight excluding hydrogens is 339 g/mol. The van der Waals surface area contributed by atoms with Crippen molar-refractivity contribution in [1.29, 1.82) is 0 Å². The molecule has 0 bridgehead atoms. The van der Waals surface area contributed by atoms with Gasteiger partial charge in [-0.25, -0.2) is 19.0 Å². The zero-order chi connectivity index (χ0) is 18.1. The van der Waals surface area contributed by atoms with Gasteiger partial charge in [0.1, 0.15) is 12.4 Å². The van der Waals surface area contributed by atoms with Gasteiger partial charge >= 0.3 is 0 Å². The Balaban J connectivity index is 1.65. The fourth-order valence-corrected chi connectivity index (χ4v) is 2.61. The van der Waals surface area contributed by atoms with Gasteiger partial charge in [0.05, 0.1) is 17.6 Å². The summed E-state index contributed by atoms with van der Waals surface area (Å²) in [4.78, 5) is 32.6. The number of hydrogen-bond acceptors (Lipinski definition) is 5. The van der Waals surface area contributed by atoms with E-state index < -0.39 is 18.1 Å². The quantitative estimate of drug-likeness (QED) is 0.603. The number of amides is 1. The maximum atomic E-state index is 12.4. The van der Waals surface area contributed by atoms with E-state index in [1.54, 1.807) is 16.7 Å². The number of fused-ring (bicyclic) bond motifs is 3. The third kappa shape index (κ3) is 2.79. The number of alkyl halides is 1. The number of carbonyl (C=O) groups is 1. The molecule has 3 heterocycles. The highest BCUT2D eigenvalue weighted by molar-refractivity contribution is 6.02. The van der Waals surface area contributed by atoms with Gasteiger partial charge in [-0.3, -0.25) is 14.0 Å². The van der Waals surface area contributed by atoms with Crippen molar-refractivity contribution in [2.75, 3.05) is 12.0 Å². The van der Waals surface area contributed by atoms with Gasteiger partial charge in [-0.2, -0.15) is 5.10 Å². The van der Waals surface area contributed by atoms with E-state index in [9.17, 15) is 14.0 Å². The molecule has 0 spiro atoms. The van der Waals surface area contributed by atoms with Gasteiger partial charge in [-0.15, -0.1) is 0 Å². The van der Waals surface area contributed by atoms with Gasteiger partial charge in [0.25, 0.3) is 11.5 Å². The molecule has 0 unspecified atom stereocenters. The first kappa shape index (κ1) is 15.9. The number of aromatic nitrogens is 5. The molecular formula is C17H13FN6O2. The smallest absolute Gasteiger partial charge is 0.275 e. The molecule has 3 aromatic heterocycles. The third-order valence-electron chi connectivity index (χ3n) is 3.82. The Hall–Kier alpha value is -3.62. The minimum atomic E-state index is -0.726. The maximum absolute atomic E-state index is 12.4. The van der Waals surface area contributed by atoms with Crippen molar-refractivity contribution in [2.24, 2.45) is 0 Å². The molecule has 1 aromatic carbocycles. The molecule has 4 rings (SSSR count). The highest BCUT2D eigenvalue weighted by Crippen LogP contribution is 2.15. The van der Waals surface area contributed by atoms with E-state index in [0.717, 1.165) is 15.7 Å². The molecule has 0 aliphatic rings. The fraction of sp³-hybridized carbons (Fsp3) is 0.118. The van der Waals surface area contributed by atoms with Crippen LogP contribution in [0.2, 0.25) is 0 Å². The second-order valence-corrected chi connectivity index (χ2v) is 5.51. The molecule has 0 saturated heterocycles. The summed E-state index contributed by atoms with van der Waals surface area (Å²) in [6.45, 7) is -0.899. The number of nitrogens with zero attached hydrogens (tertiary/aromatic N) is 5. The summed E-state index contributed by atoms with van der Waals surface area (Å²) in [6, 6.07) is 11.7. The average molecular weight is 352 g/mol. The Bertz CT molecular complexity index is 1180. The zero-order valence-corrected chi connectivity index (χ0v) is 13.5. The van der Waals surface area contributed by atoms with Crippen LogP contribution in [0.5, 0.6) is 0 Å². The normalized spacial score (nSPS) is 11.1. The zero-order valence-electron chi connectivity index (χ0n) is 13.5. The maximum Gasteiger partial charge on any atom is 0.275 e. The summed E-state index contributed by atoms with van der Waals surface area (Å²) >= 11 is 0. The average Bonchev–Trinajstić information content (AvgIpc) is 3.02. The van der Waals surface area contributed by atoms with Crippen LogP contribution in [0.3, 0.4) is 0 Å².